The summed E-state index contributed by atoms with van der Waals surface area (Å²) in [5, 5.41) is 6.52. The number of nitrogens with zero attached hydrogens (tertiary/aromatic N) is 2. The molecule has 1 heterocycles. The van der Waals surface area contributed by atoms with Crippen LogP contribution in [0.1, 0.15) is 42.8 Å². The Morgan fingerprint density at radius 2 is 1.81 bits per heavy atom. The Hall–Kier alpha value is -2.89. The molecule has 0 fully saturated rings. The van der Waals surface area contributed by atoms with Gasteiger partial charge < -0.3 is 9.88 Å². The number of aromatic nitrogens is 1. The molecule has 2 amide bonds. The van der Waals surface area contributed by atoms with Crippen LogP contribution in [0.2, 0.25) is 0 Å². The number of carbonyl (C=O) groups excluding carboxylic acids is 2. The van der Waals surface area contributed by atoms with Gasteiger partial charge in [0.1, 0.15) is 0 Å². The lowest BCUT2D eigenvalue weighted by Gasteiger charge is -2.10. The molecule has 0 bridgehead atoms. The van der Waals surface area contributed by atoms with Crippen molar-refractivity contribution in [2.45, 2.75) is 47.1 Å². The Bertz CT molecular complexity index is 819. The molecular weight excluding hydrogens is 328 g/mol. The standard InChI is InChI=1S/C20H26N4O2/c1-6-14(3)22-19(25)20(26)23-21-12-17-11-15(4)24(16(17)5)18-9-7-13(2)8-10-18/h7-12,14H,6H2,1-5H3,(H,22,25)(H,23,26)/b21-12-/t14-/m1/s1. The third kappa shape index (κ3) is 4.59. The van der Waals surface area contributed by atoms with Crippen molar-refractivity contribution in [3.63, 3.8) is 0 Å². The average molecular weight is 354 g/mol. The number of hydrazone groups is 1. The predicted octanol–water partition coefficient (Wildman–Crippen LogP) is 2.77. The first kappa shape index (κ1) is 19.4. The fourth-order valence-electron chi connectivity index (χ4n) is 2.61. The van der Waals surface area contributed by atoms with Crippen molar-refractivity contribution in [2.75, 3.05) is 0 Å². The highest BCUT2D eigenvalue weighted by atomic mass is 16.2. The molecule has 0 saturated carbocycles. The van der Waals surface area contributed by atoms with E-state index in [9.17, 15) is 9.59 Å². The Kier molecular flexibility index (Phi) is 6.33. The Morgan fingerprint density at radius 1 is 1.15 bits per heavy atom. The van der Waals surface area contributed by atoms with Gasteiger partial charge in [0.25, 0.3) is 0 Å². The highest BCUT2D eigenvalue weighted by Gasteiger charge is 2.14. The van der Waals surface area contributed by atoms with Gasteiger partial charge in [0.15, 0.2) is 0 Å². The Morgan fingerprint density at radius 3 is 2.42 bits per heavy atom. The zero-order chi connectivity index (χ0) is 19.3. The number of aryl methyl sites for hydroxylation is 2. The largest absolute Gasteiger partial charge is 0.345 e. The third-order valence-corrected chi connectivity index (χ3v) is 4.33. The summed E-state index contributed by atoms with van der Waals surface area (Å²) in [5.74, 6) is -1.45. The summed E-state index contributed by atoms with van der Waals surface area (Å²) in [6, 6.07) is 10.2. The van der Waals surface area contributed by atoms with Crippen molar-refractivity contribution in [2.24, 2.45) is 5.10 Å². The van der Waals surface area contributed by atoms with E-state index >= 15 is 0 Å². The van der Waals surface area contributed by atoms with Gasteiger partial charge in [0, 0.05) is 28.7 Å². The van der Waals surface area contributed by atoms with E-state index in [0.29, 0.717) is 0 Å². The lowest BCUT2D eigenvalue weighted by atomic mass is 10.2. The SMILES string of the molecule is CC[C@@H](C)NC(=O)C(=O)N/N=C\c1cc(C)n(-c2ccc(C)cc2)c1C. The molecule has 138 valence electrons. The van der Waals surface area contributed by atoms with E-state index in [4.69, 9.17) is 0 Å². The quantitative estimate of drug-likeness (QED) is 0.492. The molecule has 1 aromatic heterocycles. The molecule has 1 aromatic carbocycles. The monoisotopic (exact) mass is 354 g/mol. The highest BCUT2D eigenvalue weighted by molar-refractivity contribution is 6.35. The number of hydrogen-bond acceptors (Lipinski definition) is 3. The molecule has 6 heteroatoms. The summed E-state index contributed by atoms with van der Waals surface area (Å²) in [7, 11) is 0. The molecule has 6 nitrogen and oxygen atoms in total. The molecule has 0 aliphatic heterocycles. The molecule has 0 aliphatic rings. The topological polar surface area (TPSA) is 75.5 Å². The van der Waals surface area contributed by atoms with Crippen molar-refractivity contribution in [1.82, 2.24) is 15.3 Å². The molecule has 0 aliphatic carbocycles. The summed E-state index contributed by atoms with van der Waals surface area (Å²) in [6.07, 6.45) is 2.31. The van der Waals surface area contributed by atoms with Crippen molar-refractivity contribution in [3.8, 4) is 5.69 Å². The zero-order valence-corrected chi connectivity index (χ0v) is 16.0. The van der Waals surface area contributed by atoms with Gasteiger partial charge in [-0.3, -0.25) is 9.59 Å². The second kappa shape index (κ2) is 8.47. The summed E-state index contributed by atoms with van der Waals surface area (Å²) in [6.45, 7) is 9.84. The normalized spacial score (nSPS) is 12.2. The first-order chi connectivity index (χ1) is 12.3. The maximum Gasteiger partial charge on any atom is 0.329 e. The molecule has 1 atom stereocenters. The summed E-state index contributed by atoms with van der Waals surface area (Å²) in [4.78, 5) is 23.4. The lowest BCUT2D eigenvalue weighted by Crippen LogP contribution is -2.41. The van der Waals surface area contributed by atoms with Crippen LogP contribution in [-0.2, 0) is 9.59 Å². The van der Waals surface area contributed by atoms with E-state index in [1.165, 1.54) is 5.56 Å². The van der Waals surface area contributed by atoms with Crippen LogP contribution in [0.25, 0.3) is 5.69 Å². The van der Waals surface area contributed by atoms with Crippen molar-refractivity contribution < 1.29 is 9.59 Å². The molecular formula is C20H26N4O2. The number of amides is 2. The van der Waals surface area contributed by atoms with Crippen molar-refractivity contribution in [1.29, 1.82) is 0 Å². The Balaban J connectivity index is 2.10. The minimum Gasteiger partial charge on any atom is -0.345 e. The van der Waals surface area contributed by atoms with E-state index in [0.717, 1.165) is 29.1 Å². The van der Waals surface area contributed by atoms with Gasteiger partial charge in [-0.25, -0.2) is 5.43 Å². The molecule has 26 heavy (non-hydrogen) atoms. The van der Waals surface area contributed by atoms with Gasteiger partial charge in [0.2, 0.25) is 0 Å². The van der Waals surface area contributed by atoms with E-state index in [1.807, 2.05) is 33.8 Å². The summed E-state index contributed by atoms with van der Waals surface area (Å²) < 4.78 is 2.12. The van der Waals surface area contributed by atoms with Gasteiger partial charge in [-0.2, -0.15) is 5.10 Å². The molecule has 0 spiro atoms. The average Bonchev–Trinajstić information content (AvgIpc) is 2.89. The molecule has 2 aromatic rings. The molecule has 2 N–H and O–H groups in total. The summed E-state index contributed by atoms with van der Waals surface area (Å²) >= 11 is 0. The van der Waals surface area contributed by atoms with Crippen LogP contribution >= 0.6 is 0 Å². The van der Waals surface area contributed by atoms with Crippen LogP contribution < -0.4 is 10.7 Å². The van der Waals surface area contributed by atoms with Crippen LogP contribution in [0.15, 0.2) is 35.4 Å². The minimum absolute atomic E-state index is 0.0503. The smallest absolute Gasteiger partial charge is 0.329 e. The van der Waals surface area contributed by atoms with Crippen LogP contribution in [0, 0.1) is 20.8 Å². The van der Waals surface area contributed by atoms with Crippen LogP contribution in [-0.4, -0.2) is 28.6 Å². The maximum atomic E-state index is 11.8. The second-order valence-electron chi connectivity index (χ2n) is 6.48. The molecule has 0 unspecified atom stereocenters. The van der Waals surface area contributed by atoms with Gasteiger partial charge in [-0.15, -0.1) is 0 Å². The number of hydrogen-bond donors (Lipinski definition) is 2. The lowest BCUT2D eigenvalue weighted by molar-refractivity contribution is -0.139. The van der Waals surface area contributed by atoms with Gasteiger partial charge in [0.05, 0.1) is 6.21 Å². The Labute approximate surface area is 154 Å². The van der Waals surface area contributed by atoms with E-state index in [1.54, 1.807) is 6.21 Å². The van der Waals surface area contributed by atoms with E-state index in [2.05, 4.69) is 51.6 Å². The van der Waals surface area contributed by atoms with Gasteiger partial charge in [-0.1, -0.05) is 24.6 Å². The first-order valence-electron chi connectivity index (χ1n) is 8.73. The molecule has 0 radical (unpaired) electrons. The van der Waals surface area contributed by atoms with Crippen molar-refractivity contribution >= 4 is 18.0 Å². The second-order valence-corrected chi connectivity index (χ2v) is 6.48. The number of carbonyl (C=O) groups is 2. The predicted molar refractivity (Wildman–Crippen MR) is 104 cm³/mol. The van der Waals surface area contributed by atoms with E-state index in [-0.39, 0.29) is 6.04 Å². The fraction of sp³-hybridized carbons (Fsp3) is 0.350. The van der Waals surface area contributed by atoms with Crippen LogP contribution in [0.4, 0.5) is 0 Å². The molecule has 0 saturated heterocycles. The zero-order valence-electron chi connectivity index (χ0n) is 16.0. The first-order valence-corrected chi connectivity index (χ1v) is 8.73. The fourth-order valence-corrected chi connectivity index (χ4v) is 2.61. The van der Waals surface area contributed by atoms with Gasteiger partial charge >= 0.3 is 11.8 Å². The maximum absolute atomic E-state index is 11.8. The van der Waals surface area contributed by atoms with Crippen molar-refractivity contribution in [3.05, 3.63) is 52.8 Å². The van der Waals surface area contributed by atoms with Crippen LogP contribution in [0.5, 0.6) is 0 Å². The van der Waals surface area contributed by atoms with Crippen LogP contribution in [0.3, 0.4) is 0 Å². The number of rotatable bonds is 5. The minimum atomic E-state index is -0.770. The van der Waals surface area contributed by atoms with E-state index < -0.39 is 11.8 Å². The molecule has 2 rings (SSSR count). The summed E-state index contributed by atoms with van der Waals surface area (Å²) in [5.41, 5.74) is 7.50. The number of benzene rings is 1. The highest BCUT2D eigenvalue weighted by Crippen LogP contribution is 2.20. The third-order valence-electron chi connectivity index (χ3n) is 4.33. The number of nitrogens with one attached hydrogen (secondary N) is 2. The van der Waals surface area contributed by atoms with Gasteiger partial charge in [-0.05, 0) is 52.3 Å².